The Bertz CT molecular complexity index is 487. The van der Waals surface area contributed by atoms with Gasteiger partial charge < -0.3 is 10.2 Å². The number of carbonyl (C=O) groups is 2. The second-order valence-corrected chi connectivity index (χ2v) is 5.71. The van der Waals surface area contributed by atoms with Crippen LogP contribution in [0, 0.1) is 0 Å². The lowest BCUT2D eigenvalue weighted by Crippen LogP contribution is -2.43. The Morgan fingerprint density at radius 3 is 2.58 bits per heavy atom. The summed E-state index contributed by atoms with van der Waals surface area (Å²) < 4.78 is 1.01. The first-order valence-corrected chi connectivity index (χ1v) is 7.13. The number of benzene rings is 1. The van der Waals surface area contributed by atoms with Gasteiger partial charge in [-0.25, -0.2) is 0 Å². The summed E-state index contributed by atoms with van der Waals surface area (Å²) in [5, 5.41) is 2.70. The minimum Gasteiger partial charge on any atom is -0.345 e. The molecular weight excluding hydrogens is 308 g/mol. The Morgan fingerprint density at radius 2 is 1.95 bits per heavy atom. The van der Waals surface area contributed by atoms with Crippen molar-refractivity contribution >= 4 is 27.7 Å². The minimum absolute atomic E-state index is 0.0266. The molecule has 4 nitrogen and oxygen atoms in total. The van der Waals surface area contributed by atoms with E-state index in [9.17, 15) is 9.59 Å². The summed E-state index contributed by atoms with van der Waals surface area (Å²) in [6.45, 7) is 4.18. The van der Waals surface area contributed by atoms with Gasteiger partial charge in [0.15, 0.2) is 0 Å². The normalized spacial score (nSPS) is 21.8. The largest absolute Gasteiger partial charge is 0.345 e. The number of rotatable bonds is 2. The van der Waals surface area contributed by atoms with E-state index in [1.165, 1.54) is 0 Å². The summed E-state index contributed by atoms with van der Waals surface area (Å²) in [7, 11) is 0. The van der Waals surface area contributed by atoms with Crippen LogP contribution in [0.4, 0.5) is 0 Å². The highest BCUT2D eigenvalue weighted by atomic mass is 79.9. The highest BCUT2D eigenvalue weighted by Gasteiger charge is 2.30. The minimum atomic E-state index is -0.451. The Hall–Kier alpha value is -1.36. The number of hydrogen-bond donors (Lipinski definition) is 1. The lowest BCUT2D eigenvalue weighted by atomic mass is 10.1. The molecule has 1 saturated heterocycles. The van der Waals surface area contributed by atoms with Crippen LogP contribution in [0.1, 0.15) is 31.9 Å². The van der Waals surface area contributed by atoms with Gasteiger partial charge in [-0.15, -0.1) is 0 Å². The fraction of sp³-hybridized carbons (Fsp3) is 0.429. The lowest BCUT2D eigenvalue weighted by Gasteiger charge is -2.29. The quantitative estimate of drug-likeness (QED) is 0.907. The monoisotopic (exact) mass is 324 g/mol. The zero-order chi connectivity index (χ0) is 14.0. The molecule has 2 rings (SSSR count). The lowest BCUT2D eigenvalue weighted by molar-refractivity contribution is -0.134. The molecule has 1 aliphatic heterocycles. The van der Waals surface area contributed by atoms with Gasteiger partial charge in [0, 0.05) is 17.4 Å². The van der Waals surface area contributed by atoms with Crippen LogP contribution in [0.15, 0.2) is 28.7 Å². The average Bonchev–Trinajstić information content (AvgIpc) is 2.50. The number of nitrogens with one attached hydrogen (secondary N) is 1. The van der Waals surface area contributed by atoms with Crippen LogP contribution >= 0.6 is 15.9 Å². The smallest absolute Gasteiger partial charge is 0.245 e. The third-order valence-corrected chi connectivity index (χ3v) is 3.96. The van der Waals surface area contributed by atoms with E-state index < -0.39 is 6.04 Å². The number of nitrogens with zero attached hydrogens (tertiary/aromatic N) is 1. The second kappa shape index (κ2) is 5.74. The van der Waals surface area contributed by atoms with Gasteiger partial charge in [-0.05, 0) is 31.5 Å². The molecule has 2 atom stereocenters. The highest BCUT2D eigenvalue weighted by molar-refractivity contribution is 9.10. The predicted molar refractivity (Wildman–Crippen MR) is 76.5 cm³/mol. The van der Waals surface area contributed by atoms with E-state index in [1.54, 1.807) is 11.8 Å². The van der Waals surface area contributed by atoms with Crippen molar-refractivity contribution in [2.75, 3.05) is 6.54 Å². The first-order valence-electron chi connectivity index (χ1n) is 6.34. The van der Waals surface area contributed by atoms with Gasteiger partial charge >= 0.3 is 0 Å². The fourth-order valence-electron chi connectivity index (χ4n) is 2.26. The van der Waals surface area contributed by atoms with Gasteiger partial charge in [0.05, 0.1) is 6.04 Å². The summed E-state index contributed by atoms with van der Waals surface area (Å²) in [5.41, 5.74) is 1.07. The van der Waals surface area contributed by atoms with Crippen LogP contribution in [0.3, 0.4) is 0 Å². The Kier molecular flexibility index (Phi) is 4.24. The summed E-state index contributed by atoms with van der Waals surface area (Å²) >= 11 is 3.40. The van der Waals surface area contributed by atoms with E-state index in [-0.39, 0.29) is 17.9 Å². The second-order valence-electron chi connectivity index (χ2n) is 4.80. The third-order valence-electron chi connectivity index (χ3n) is 3.43. The Balaban J connectivity index is 2.21. The molecule has 2 amide bonds. The molecule has 19 heavy (non-hydrogen) atoms. The van der Waals surface area contributed by atoms with Gasteiger partial charge in [0.2, 0.25) is 11.8 Å². The van der Waals surface area contributed by atoms with E-state index in [4.69, 9.17) is 0 Å². The van der Waals surface area contributed by atoms with Crippen molar-refractivity contribution in [3.8, 4) is 0 Å². The third kappa shape index (κ3) is 3.15. The molecule has 1 heterocycles. The SMILES string of the molecule is CC1NC(=O)CCN(C(C)c2ccc(Br)cc2)C1=O. The maximum atomic E-state index is 12.3. The molecule has 1 fully saturated rings. The number of amides is 2. The Morgan fingerprint density at radius 1 is 1.32 bits per heavy atom. The molecule has 5 heteroatoms. The van der Waals surface area contributed by atoms with Gasteiger partial charge in [0.25, 0.3) is 0 Å². The van der Waals surface area contributed by atoms with Crippen molar-refractivity contribution < 1.29 is 9.59 Å². The molecule has 0 aliphatic carbocycles. The molecule has 0 radical (unpaired) electrons. The summed E-state index contributed by atoms with van der Waals surface area (Å²) in [4.78, 5) is 25.5. The number of carbonyl (C=O) groups excluding carboxylic acids is 2. The first kappa shape index (κ1) is 14.1. The molecule has 0 saturated carbocycles. The maximum absolute atomic E-state index is 12.3. The van der Waals surface area contributed by atoms with Crippen molar-refractivity contribution in [3.05, 3.63) is 34.3 Å². The molecule has 102 valence electrons. The predicted octanol–water partition coefficient (Wildman–Crippen LogP) is 2.25. The average molecular weight is 325 g/mol. The van der Waals surface area contributed by atoms with Crippen molar-refractivity contribution in [3.63, 3.8) is 0 Å². The summed E-state index contributed by atoms with van der Waals surface area (Å²) in [6.07, 6.45) is 0.358. The zero-order valence-corrected chi connectivity index (χ0v) is 12.6. The van der Waals surface area contributed by atoms with Gasteiger partial charge in [-0.1, -0.05) is 28.1 Å². The molecule has 1 aromatic carbocycles. The number of hydrogen-bond acceptors (Lipinski definition) is 2. The van der Waals surface area contributed by atoms with Crippen LogP contribution in [-0.2, 0) is 9.59 Å². The topological polar surface area (TPSA) is 49.4 Å². The van der Waals surface area contributed by atoms with Crippen LogP contribution in [0.25, 0.3) is 0 Å². The van der Waals surface area contributed by atoms with Crippen LogP contribution in [0.2, 0.25) is 0 Å². The van der Waals surface area contributed by atoms with Crippen molar-refractivity contribution in [2.45, 2.75) is 32.4 Å². The standard InChI is InChI=1S/C14H17BrN2O2/c1-9-14(19)17(8-7-13(18)16-9)10(2)11-3-5-12(15)6-4-11/h3-6,9-10H,7-8H2,1-2H3,(H,16,18). The van der Waals surface area contributed by atoms with Crippen LogP contribution < -0.4 is 5.32 Å². The van der Waals surface area contributed by atoms with E-state index in [1.807, 2.05) is 31.2 Å². The van der Waals surface area contributed by atoms with Gasteiger partial charge in [0.1, 0.15) is 6.04 Å². The van der Waals surface area contributed by atoms with Crippen LogP contribution in [-0.4, -0.2) is 29.3 Å². The molecule has 1 aliphatic rings. The zero-order valence-electron chi connectivity index (χ0n) is 11.0. The summed E-state index contributed by atoms with van der Waals surface area (Å²) in [5.74, 6) is -0.0902. The fourth-order valence-corrected chi connectivity index (χ4v) is 2.53. The molecule has 1 N–H and O–H groups in total. The van der Waals surface area contributed by atoms with Gasteiger partial charge in [-0.3, -0.25) is 9.59 Å². The van der Waals surface area contributed by atoms with Crippen molar-refractivity contribution in [2.24, 2.45) is 0 Å². The molecule has 0 spiro atoms. The van der Waals surface area contributed by atoms with Crippen LogP contribution in [0.5, 0.6) is 0 Å². The van der Waals surface area contributed by atoms with Crippen molar-refractivity contribution in [1.82, 2.24) is 10.2 Å². The summed E-state index contributed by atoms with van der Waals surface area (Å²) in [6, 6.07) is 7.42. The first-order chi connectivity index (χ1) is 8.99. The molecule has 0 bridgehead atoms. The number of halogens is 1. The molecule has 1 aromatic rings. The van der Waals surface area contributed by atoms with Gasteiger partial charge in [-0.2, -0.15) is 0 Å². The maximum Gasteiger partial charge on any atom is 0.245 e. The van der Waals surface area contributed by atoms with E-state index in [0.29, 0.717) is 13.0 Å². The van der Waals surface area contributed by atoms with Crippen molar-refractivity contribution in [1.29, 1.82) is 0 Å². The van der Waals surface area contributed by atoms with E-state index >= 15 is 0 Å². The molecular formula is C14H17BrN2O2. The highest BCUT2D eigenvalue weighted by Crippen LogP contribution is 2.24. The van der Waals surface area contributed by atoms with E-state index in [2.05, 4.69) is 21.2 Å². The Labute approximate surface area is 121 Å². The van der Waals surface area contributed by atoms with E-state index in [0.717, 1.165) is 10.0 Å². The molecule has 0 aromatic heterocycles. The molecule has 2 unspecified atom stereocenters.